The molecule has 0 radical (unpaired) electrons. The van der Waals surface area contributed by atoms with E-state index in [1.54, 1.807) is 0 Å². The molecule has 0 saturated heterocycles. The van der Waals surface area contributed by atoms with Gasteiger partial charge in [-0.15, -0.1) is 0 Å². The van der Waals surface area contributed by atoms with Gasteiger partial charge in [0.25, 0.3) is 0 Å². The van der Waals surface area contributed by atoms with Crippen LogP contribution < -0.4 is 0 Å². The molecule has 0 fully saturated rings. The average molecular weight is 652 g/mol. The second-order valence-electron chi connectivity index (χ2n) is 13.4. The van der Waals surface area contributed by atoms with Gasteiger partial charge in [-0.1, -0.05) is 115 Å². The number of hydrogen-bond donors (Lipinski definition) is 0. The van der Waals surface area contributed by atoms with Gasteiger partial charge in [-0.2, -0.15) is 0 Å². The third kappa shape index (κ3) is 3.65. The SMILES string of the molecule is c1ccc2c(c1)ccc1oc3c(-c4ccc(-c5nc6ccc7oc8ccccc8c7c6c6oc7ccccc7c56)cc4)cc4ccccc4c3c12. The fraction of sp³-hybridized carbons (Fsp3) is 0. The first-order valence-corrected chi connectivity index (χ1v) is 17.2. The molecule has 0 amide bonds. The molecule has 0 saturated carbocycles. The molecule has 236 valence electrons. The van der Waals surface area contributed by atoms with Crippen LogP contribution in [-0.4, -0.2) is 4.98 Å². The lowest BCUT2D eigenvalue weighted by Crippen LogP contribution is -1.89. The quantitative estimate of drug-likeness (QED) is 0.187. The fourth-order valence-electron chi connectivity index (χ4n) is 8.38. The van der Waals surface area contributed by atoms with E-state index >= 15 is 0 Å². The molecule has 0 atom stereocenters. The molecule has 12 aromatic rings. The number of benzene rings is 8. The molecule has 4 heteroatoms. The first-order valence-electron chi connectivity index (χ1n) is 17.2. The van der Waals surface area contributed by atoms with Crippen molar-refractivity contribution in [1.29, 1.82) is 0 Å². The number of fused-ring (bicyclic) bond motifs is 16. The van der Waals surface area contributed by atoms with Gasteiger partial charge in [0.1, 0.15) is 33.5 Å². The summed E-state index contributed by atoms with van der Waals surface area (Å²) >= 11 is 0. The van der Waals surface area contributed by atoms with E-state index in [-0.39, 0.29) is 0 Å². The Kier molecular flexibility index (Phi) is 5.20. The van der Waals surface area contributed by atoms with Crippen LogP contribution in [0.3, 0.4) is 0 Å². The van der Waals surface area contributed by atoms with Crippen LogP contribution in [0.25, 0.3) is 121 Å². The summed E-state index contributed by atoms with van der Waals surface area (Å²) in [7, 11) is 0. The molecule has 4 aromatic heterocycles. The number of rotatable bonds is 2. The molecule has 4 nitrogen and oxygen atoms in total. The van der Waals surface area contributed by atoms with Gasteiger partial charge in [0.2, 0.25) is 0 Å². The highest BCUT2D eigenvalue weighted by molar-refractivity contribution is 6.30. The van der Waals surface area contributed by atoms with Gasteiger partial charge < -0.3 is 13.3 Å². The second-order valence-corrected chi connectivity index (χ2v) is 13.4. The summed E-state index contributed by atoms with van der Waals surface area (Å²) in [5.41, 5.74) is 10.0. The summed E-state index contributed by atoms with van der Waals surface area (Å²) in [6.45, 7) is 0. The van der Waals surface area contributed by atoms with Crippen LogP contribution in [0, 0.1) is 0 Å². The Morgan fingerprint density at radius 3 is 1.73 bits per heavy atom. The Morgan fingerprint density at radius 1 is 0.353 bits per heavy atom. The Hall–Kier alpha value is -6.91. The monoisotopic (exact) mass is 651 g/mol. The molecule has 0 aliphatic heterocycles. The predicted molar refractivity (Wildman–Crippen MR) is 209 cm³/mol. The Morgan fingerprint density at radius 2 is 0.922 bits per heavy atom. The van der Waals surface area contributed by atoms with Gasteiger partial charge in [0.05, 0.1) is 22.0 Å². The molecule has 0 N–H and O–H groups in total. The van der Waals surface area contributed by atoms with E-state index in [0.29, 0.717) is 0 Å². The van der Waals surface area contributed by atoms with Crippen molar-refractivity contribution in [1.82, 2.24) is 4.98 Å². The van der Waals surface area contributed by atoms with Crippen LogP contribution >= 0.6 is 0 Å². The average Bonchev–Trinajstić information content (AvgIpc) is 3.89. The second kappa shape index (κ2) is 9.84. The summed E-state index contributed by atoms with van der Waals surface area (Å²) in [6, 6.07) is 52.9. The molecule has 0 spiro atoms. The van der Waals surface area contributed by atoms with E-state index in [2.05, 4.69) is 109 Å². The number of nitrogens with zero attached hydrogens (tertiary/aromatic N) is 1. The molecule has 4 heterocycles. The lowest BCUT2D eigenvalue weighted by atomic mass is 9.94. The lowest BCUT2D eigenvalue weighted by Gasteiger charge is -2.10. The first kappa shape index (κ1) is 27.0. The summed E-state index contributed by atoms with van der Waals surface area (Å²) < 4.78 is 19.7. The van der Waals surface area contributed by atoms with Crippen LogP contribution in [0.4, 0.5) is 0 Å². The van der Waals surface area contributed by atoms with E-state index in [1.807, 2.05) is 42.5 Å². The van der Waals surface area contributed by atoms with E-state index in [9.17, 15) is 0 Å². The van der Waals surface area contributed by atoms with Gasteiger partial charge in [-0.05, 0) is 63.5 Å². The summed E-state index contributed by atoms with van der Waals surface area (Å²) in [5.74, 6) is 0. The summed E-state index contributed by atoms with van der Waals surface area (Å²) in [4.78, 5) is 5.36. The highest BCUT2D eigenvalue weighted by Gasteiger charge is 2.23. The zero-order valence-corrected chi connectivity index (χ0v) is 27.1. The van der Waals surface area contributed by atoms with Crippen LogP contribution in [0.15, 0.2) is 165 Å². The van der Waals surface area contributed by atoms with Gasteiger partial charge in [-0.3, -0.25) is 0 Å². The molecule has 8 aromatic carbocycles. The van der Waals surface area contributed by atoms with Gasteiger partial charge in [-0.25, -0.2) is 4.98 Å². The molecule has 0 aliphatic carbocycles. The zero-order chi connectivity index (χ0) is 33.2. The third-order valence-electron chi connectivity index (χ3n) is 10.6. The number of furan rings is 3. The Bertz CT molecular complexity index is 3420. The normalized spacial score (nSPS) is 12.3. The highest BCUT2D eigenvalue weighted by Crippen LogP contribution is 2.46. The summed E-state index contributed by atoms with van der Waals surface area (Å²) in [5, 5.41) is 12.2. The molecule has 0 bridgehead atoms. The van der Waals surface area contributed by atoms with Crippen molar-refractivity contribution in [3.05, 3.63) is 152 Å². The third-order valence-corrected chi connectivity index (χ3v) is 10.6. The molecule has 51 heavy (non-hydrogen) atoms. The topological polar surface area (TPSA) is 52.3 Å². The molecular formula is C47H25NO3. The van der Waals surface area contributed by atoms with Crippen molar-refractivity contribution in [3.8, 4) is 22.4 Å². The Balaban J connectivity index is 1.11. The fourth-order valence-corrected chi connectivity index (χ4v) is 8.38. The first-order chi connectivity index (χ1) is 25.3. The number of para-hydroxylation sites is 2. The largest absolute Gasteiger partial charge is 0.456 e. The van der Waals surface area contributed by atoms with Crippen LogP contribution in [0.1, 0.15) is 0 Å². The maximum Gasteiger partial charge on any atom is 0.147 e. The minimum atomic E-state index is 0.822. The summed E-state index contributed by atoms with van der Waals surface area (Å²) in [6.07, 6.45) is 0. The van der Waals surface area contributed by atoms with Crippen LogP contribution in [0.2, 0.25) is 0 Å². The zero-order valence-electron chi connectivity index (χ0n) is 27.1. The lowest BCUT2D eigenvalue weighted by molar-refractivity contribution is 0.667. The maximum absolute atomic E-state index is 6.74. The number of aromatic nitrogens is 1. The van der Waals surface area contributed by atoms with E-state index in [0.717, 1.165) is 99.1 Å². The van der Waals surface area contributed by atoms with Crippen molar-refractivity contribution >= 4 is 98.3 Å². The van der Waals surface area contributed by atoms with Crippen molar-refractivity contribution in [2.24, 2.45) is 0 Å². The van der Waals surface area contributed by atoms with Crippen molar-refractivity contribution in [2.45, 2.75) is 0 Å². The number of pyridine rings is 1. The van der Waals surface area contributed by atoms with E-state index in [4.69, 9.17) is 18.2 Å². The standard InChI is InChI=1S/C47H25NO3/c1-3-11-30-26(9-1)21-23-39-40(30)42-31-12-4-2-10-29(31)25-34(46(42)51-39)27-17-19-28(20-18-27)45-43-33-14-6-8-16-37(33)50-47(43)44-35(48-45)22-24-38-41(44)32-13-5-7-15-36(32)49-38/h1-25H. The highest BCUT2D eigenvalue weighted by atomic mass is 16.3. The smallest absolute Gasteiger partial charge is 0.147 e. The number of hydrogen-bond acceptors (Lipinski definition) is 4. The van der Waals surface area contributed by atoms with Crippen molar-refractivity contribution in [2.75, 3.05) is 0 Å². The van der Waals surface area contributed by atoms with E-state index in [1.165, 1.54) is 21.5 Å². The van der Waals surface area contributed by atoms with Crippen LogP contribution in [0.5, 0.6) is 0 Å². The van der Waals surface area contributed by atoms with Crippen molar-refractivity contribution in [3.63, 3.8) is 0 Å². The predicted octanol–water partition coefficient (Wildman–Crippen LogP) is 13.6. The molecule has 12 rings (SSSR count). The minimum Gasteiger partial charge on any atom is -0.456 e. The van der Waals surface area contributed by atoms with Crippen molar-refractivity contribution < 1.29 is 13.3 Å². The molecule has 0 aliphatic rings. The maximum atomic E-state index is 6.74. The van der Waals surface area contributed by atoms with Gasteiger partial charge >= 0.3 is 0 Å². The van der Waals surface area contributed by atoms with E-state index < -0.39 is 0 Å². The Labute approximate surface area is 289 Å². The molecule has 0 unspecified atom stereocenters. The van der Waals surface area contributed by atoms with Gasteiger partial charge in [0.15, 0.2) is 0 Å². The minimum absolute atomic E-state index is 0.822. The van der Waals surface area contributed by atoms with Crippen LogP contribution in [-0.2, 0) is 0 Å². The van der Waals surface area contributed by atoms with Gasteiger partial charge in [0, 0.05) is 38.1 Å². The molecular weight excluding hydrogens is 627 g/mol.